The van der Waals surface area contributed by atoms with Gasteiger partial charge in [-0.05, 0) is 43.2 Å². The third-order valence-corrected chi connectivity index (χ3v) is 5.44. The van der Waals surface area contributed by atoms with Crippen molar-refractivity contribution in [3.8, 4) is 0 Å². The molecule has 0 aromatic heterocycles. The number of hydrazone groups is 1. The lowest BCUT2D eigenvalue weighted by Crippen LogP contribution is -2.20. The normalized spacial score (nSPS) is 16.8. The van der Waals surface area contributed by atoms with Crippen LogP contribution >= 0.6 is 11.8 Å². The topological polar surface area (TPSA) is 65.8 Å². The van der Waals surface area contributed by atoms with E-state index in [2.05, 4.69) is 27.8 Å². The minimum atomic E-state index is -0.576. The number of anilines is 1. The molecule has 0 saturated carbocycles. The van der Waals surface area contributed by atoms with Crippen molar-refractivity contribution in [2.45, 2.75) is 25.5 Å². The Morgan fingerprint density at radius 3 is 2.67 bits per heavy atom. The number of nitrogens with one attached hydrogen (secondary N) is 2. The average Bonchev–Trinajstić information content (AvgIpc) is 3.14. The van der Waals surface area contributed by atoms with Gasteiger partial charge in [0, 0.05) is 10.9 Å². The van der Waals surface area contributed by atoms with Crippen LogP contribution in [0.5, 0.6) is 0 Å². The van der Waals surface area contributed by atoms with E-state index < -0.39 is 11.7 Å². The molecule has 3 rings (SSSR count). The number of amidine groups is 1. The Labute approximate surface area is 162 Å². The Morgan fingerprint density at radius 1 is 1.26 bits per heavy atom. The number of aliphatic imine (C=N–C) groups is 1. The van der Waals surface area contributed by atoms with E-state index >= 15 is 0 Å². The number of hydrogen-bond acceptors (Lipinski definition) is 5. The quantitative estimate of drug-likeness (QED) is 0.598. The molecule has 0 radical (unpaired) electrons. The minimum Gasteiger partial charge on any atom is -0.335 e. The van der Waals surface area contributed by atoms with Crippen LogP contribution in [0.25, 0.3) is 0 Å². The Morgan fingerprint density at radius 2 is 2.00 bits per heavy atom. The van der Waals surface area contributed by atoms with Crippen molar-refractivity contribution in [3.63, 3.8) is 0 Å². The van der Waals surface area contributed by atoms with Gasteiger partial charge in [0.2, 0.25) is 0 Å². The van der Waals surface area contributed by atoms with E-state index in [0.717, 1.165) is 29.4 Å². The summed E-state index contributed by atoms with van der Waals surface area (Å²) in [5.41, 5.74) is 4.80. The van der Waals surface area contributed by atoms with Crippen molar-refractivity contribution in [1.29, 1.82) is 0 Å². The zero-order valence-corrected chi connectivity index (χ0v) is 16.0. The fourth-order valence-electron chi connectivity index (χ4n) is 2.52. The molecule has 2 aromatic rings. The van der Waals surface area contributed by atoms with E-state index in [1.165, 1.54) is 18.2 Å². The summed E-state index contributed by atoms with van der Waals surface area (Å²) in [6, 6.07) is 13.5. The maximum atomic E-state index is 13.6. The van der Waals surface area contributed by atoms with Gasteiger partial charge in [0.05, 0.1) is 17.8 Å². The molecular formula is C20H21FN4OS. The second kappa shape index (κ2) is 8.81. The number of carbonyl (C=O) groups excluding carboxylic acids is 1. The summed E-state index contributed by atoms with van der Waals surface area (Å²) in [7, 11) is 0. The van der Waals surface area contributed by atoms with Gasteiger partial charge >= 0.3 is 0 Å². The fraction of sp³-hybridized carbons (Fsp3) is 0.250. The first-order valence-corrected chi connectivity index (χ1v) is 9.62. The van der Waals surface area contributed by atoms with E-state index in [9.17, 15) is 9.18 Å². The van der Waals surface area contributed by atoms with Gasteiger partial charge in [-0.3, -0.25) is 9.79 Å². The van der Waals surface area contributed by atoms with E-state index in [0.29, 0.717) is 11.0 Å². The molecule has 0 aliphatic carbocycles. The van der Waals surface area contributed by atoms with E-state index in [1.807, 2.05) is 24.3 Å². The lowest BCUT2D eigenvalue weighted by atomic mass is 10.1. The zero-order chi connectivity index (χ0) is 19.2. The van der Waals surface area contributed by atoms with Gasteiger partial charge in [0.1, 0.15) is 5.82 Å². The maximum absolute atomic E-state index is 13.6. The first-order chi connectivity index (χ1) is 13.1. The summed E-state index contributed by atoms with van der Waals surface area (Å²) < 4.78 is 13.6. The summed E-state index contributed by atoms with van der Waals surface area (Å²) in [5.74, 6) is -1.15. The minimum absolute atomic E-state index is 0.0335. The number of hydrogen-bond donors (Lipinski definition) is 2. The Kier molecular flexibility index (Phi) is 6.24. The second-order valence-electron chi connectivity index (χ2n) is 6.11. The van der Waals surface area contributed by atoms with Gasteiger partial charge in [-0.1, -0.05) is 43.0 Å². The van der Waals surface area contributed by atoms with Crippen LogP contribution in [0.4, 0.5) is 10.1 Å². The zero-order valence-electron chi connectivity index (χ0n) is 15.2. The largest absolute Gasteiger partial charge is 0.335 e. The summed E-state index contributed by atoms with van der Waals surface area (Å²) in [6.45, 7) is 4.81. The molecule has 27 heavy (non-hydrogen) atoms. The number of amides is 1. The van der Waals surface area contributed by atoms with E-state index in [-0.39, 0.29) is 5.56 Å². The van der Waals surface area contributed by atoms with Gasteiger partial charge in [0.25, 0.3) is 5.91 Å². The van der Waals surface area contributed by atoms with Crippen molar-refractivity contribution < 1.29 is 9.18 Å². The second-order valence-corrected chi connectivity index (χ2v) is 7.40. The molecule has 7 heteroatoms. The Bertz CT molecular complexity index is 880. The standard InChI is InChI=1S/C20H21FN4OS/c1-3-16-12-22-20(27-16)23-15-10-8-14(9-11-15)13(2)24-25-19(26)17-6-4-5-7-18(17)21/h4-11,16H,3,12H2,1-2H3,(H,22,23)(H,25,26)/b24-13-/t16-/m0/s1. The first kappa shape index (κ1) is 19.1. The van der Waals surface area contributed by atoms with Crippen LogP contribution < -0.4 is 10.7 Å². The smallest absolute Gasteiger partial charge is 0.274 e. The highest BCUT2D eigenvalue weighted by Crippen LogP contribution is 2.24. The predicted octanol–water partition coefficient (Wildman–Crippen LogP) is 4.27. The van der Waals surface area contributed by atoms with Crippen LogP contribution in [0.1, 0.15) is 36.2 Å². The van der Waals surface area contributed by atoms with Crippen LogP contribution in [0.15, 0.2) is 58.6 Å². The van der Waals surface area contributed by atoms with Gasteiger partial charge in [-0.15, -0.1) is 0 Å². The number of benzene rings is 2. The predicted molar refractivity (Wildman–Crippen MR) is 110 cm³/mol. The third-order valence-electron chi connectivity index (χ3n) is 4.17. The van der Waals surface area contributed by atoms with Crippen molar-refractivity contribution in [2.24, 2.45) is 10.1 Å². The molecule has 0 bridgehead atoms. The first-order valence-electron chi connectivity index (χ1n) is 8.74. The van der Waals surface area contributed by atoms with Gasteiger partial charge in [-0.2, -0.15) is 5.10 Å². The number of thioether (sulfide) groups is 1. The fourth-order valence-corrected chi connectivity index (χ4v) is 3.48. The highest BCUT2D eigenvalue weighted by atomic mass is 32.2. The highest BCUT2D eigenvalue weighted by molar-refractivity contribution is 8.15. The molecule has 1 aliphatic rings. The Hall–Kier alpha value is -2.67. The van der Waals surface area contributed by atoms with Gasteiger partial charge in [-0.25, -0.2) is 9.82 Å². The van der Waals surface area contributed by atoms with E-state index in [4.69, 9.17) is 0 Å². The summed E-state index contributed by atoms with van der Waals surface area (Å²) in [6.07, 6.45) is 1.10. The molecule has 0 unspecified atom stereocenters. The van der Waals surface area contributed by atoms with E-state index in [1.54, 1.807) is 24.8 Å². The molecule has 0 spiro atoms. The molecule has 1 aliphatic heterocycles. The molecule has 5 nitrogen and oxygen atoms in total. The van der Waals surface area contributed by atoms with Gasteiger partial charge < -0.3 is 5.32 Å². The number of carbonyl (C=O) groups is 1. The molecule has 140 valence electrons. The monoisotopic (exact) mass is 384 g/mol. The van der Waals surface area contributed by atoms with Crippen molar-refractivity contribution in [3.05, 3.63) is 65.5 Å². The molecule has 2 aromatic carbocycles. The number of nitrogens with zero attached hydrogens (tertiary/aromatic N) is 2. The summed E-state index contributed by atoms with van der Waals surface area (Å²) >= 11 is 1.76. The van der Waals surface area contributed by atoms with Crippen LogP contribution in [0.3, 0.4) is 0 Å². The van der Waals surface area contributed by atoms with Crippen LogP contribution in [0.2, 0.25) is 0 Å². The molecule has 0 fully saturated rings. The van der Waals surface area contributed by atoms with Crippen molar-refractivity contribution in [2.75, 3.05) is 11.9 Å². The van der Waals surface area contributed by atoms with Crippen LogP contribution in [-0.4, -0.2) is 28.6 Å². The highest BCUT2D eigenvalue weighted by Gasteiger charge is 2.17. The molecule has 1 atom stereocenters. The SMILES string of the molecule is CC[C@H]1CN=C(Nc2ccc(/C(C)=N\NC(=O)c3ccccc3F)cc2)S1. The third kappa shape index (κ3) is 4.95. The van der Waals surface area contributed by atoms with Crippen LogP contribution in [0, 0.1) is 5.82 Å². The molecular weight excluding hydrogens is 363 g/mol. The number of rotatable bonds is 5. The molecule has 0 saturated heterocycles. The van der Waals surface area contributed by atoms with Crippen molar-refractivity contribution in [1.82, 2.24) is 5.43 Å². The summed E-state index contributed by atoms with van der Waals surface area (Å²) in [4.78, 5) is 16.5. The molecule has 1 amide bonds. The molecule has 2 N–H and O–H groups in total. The van der Waals surface area contributed by atoms with Crippen molar-refractivity contribution >= 4 is 34.2 Å². The maximum Gasteiger partial charge on any atom is 0.274 e. The lowest BCUT2D eigenvalue weighted by molar-refractivity contribution is 0.0951. The van der Waals surface area contributed by atoms with Crippen LogP contribution in [-0.2, 0) is 0 Å². The molecule has 1 heterocycles. The average molecular weight is 384 g/mol. The lowest BCUT2D eigenvalue weighted by Gasteiger charge is -2.08. The Balaban J connectivity index is 1.60. The summed E-state index contributed by atoms with van der Waals surface area (Å²) in [5, 5.41) is 8.88. The van der Waals surface area contributed by atoms with Gasteiger partial charge in [0.15, 0.2) is 5.17 Å². The number of halogens is 1.